The molecule has 4 aromatic rings. The van der Waals surface area contributed by atoms with E-state index in [1.807, 2.05) is 24.4 Å². The van der Waals surface area contributed by atoms with Gasteiger partial charge in [-0.3, -0.25) is 0 Å². The standard InChI is InChI=1S/C25H23FN2O4S.CH4/c1-3-30-25(29)21-11-28-24(27)22-17(14-33-23(21)22)13-32-20-9-15(2)8-19(10-20)31-12-16-4-6-18(26)7-5-16;/h4-11,14H,3,12-13H2,1-2H3,(H2,27,28);1H4. The van der Waals surface area contributed by atoms with Crippen molar-refractivity contribution < 1.29 is 23.4 Å². The summed E-state index contributed by atoms with van der Waals surface area (Å²) in [5, 5.41) is 2.61. The van der Waals surface area contributed by atoms with Crippen LogP contribution < -0.4 is 15.2 Å². The molecule has 0 radical (unpaired) electrons. The van der Waals surface area contributed by atoms with Crippen molar-refractivity contribution in [3.8, 4) is 11.5 Å². The molecule has 0 saturated heterocycles. The van der Waals surface area contributed by atoms with Crippen LogP contribution in [0.25, 0.3) is 10.1 Å². The normalized spacial score (nSPS) is 10.6. The van der Waals surface area contributed by atoms with Crippen LogP contribution in [-0.2, 0) is 18.0 Å². The van der Waals surface area contributed by atoms with E-state index in [1.54, 1.807) is 25.1 Å². The number of benzene rings is 2. The molecular formula is C26H27FN2O4S. The van der Waals surface area contributed by atoms with Crippen LogP contribution in [0, 0.1) is 12.7 Å². The molecule has 0 aliphatic carbocycles. The molecule has 2 aromatic carbocycles. The van der Waals surface area contributed by atoms with Crippen molar-refractivity contribution in [2.75, 3.05) is 12.3 Å². The molecule has 0 aliphatic heterocycles. The van der Waals surface area contributed by atoms with E-state index in [0.29, 0.717) is 34.9 Å². The van der Waals surface area contributed by atoms with Gasteiger partial charge in [-0.2, -0.15) is 0 Å². The highest BCUT2D eigenvalue weighted by Crippen LogP contribution is 2.34. The molecule has 8 heteroatoms. The summed E-state index contributed by atoms with van der Waals surface area (Å²) in [6, 6.07) is 11.8. The fraction of sp³-hybridized carbons (Fsp3) is 0.231. The Balaban J connectivity index is 0.00000324. The van der Waals surface area contributed by atoms with Gasteiger partial charge in [0.25, 0.3) is 0 Å². The first-order valence-corrected chi connectivity index (χ1v) is 11.3. The lowest BCUT2D eigenvalue weighted by atomic mass is 10.1. The monoisotopic (exact) mass is 482 g/mol. The van der Waals surface area contributed by atoms with Crippen molar-refractivity contribution in [1.29, 1.82) is 0 Å². The second-order valence-corrected chi connectivity index (χ2v) is 8.31. The summed E-state index contributed by atoms with van der Waals surface area (Å²) in [5.41, 5.74) is 9.18. The maximum absolute atomic E-state index is 13.1. The highest BCUT2D eigenvalue weighted by molar-refractivity contribution is 7.17. The van der Waals surface area contributed by atoms with E-state index in [4.69, 9.17) is 19.9 Å². The molecule has 178 valence electrons. The van der Waals surface area contributed by atoms with Gasteiger partial charge in [-0.1, -0.05) is 19.6 Å². The van der Waals surface area contributed by atoms with Crippen LogP contribution in [0.1, 0.15) is 41.4 Å². The van der Waals surface area contributed by atoms with Gasteiger partial charge >= 0.3 is 5.97 Å². The van der Waals surface area contributed by atoms with Crippen molar-refractivity contribution in [3.05, 3.63) is 82.1 Å². The largest absolute Gasteiger partial charge is 0.489 e. The lowest BCUT2D eigenvalue weighted by molar-refractivity contribution is 0.0528. The number of nitrogens with zero attached hydrogens (tertiary/aromatic N) is 1. The molecule has 2 N–H and O–H groups in total. The maximum Gasteiger partial charge on any atom is 0.341 e. The summed E-state index contributed by atoms with van der Waals surface area (Å²) in [6.07, 6.45) is 1.45. The smallest absolute Gasteiger partial charge is 0.341 e. The Morgan fingerprint density at radius 2 is 1.76 bits per heavy atom. The number of halogens is 1. The number of hydrogen-bond donors (Lipinski definition) is 1. The number of rotatable bonds is 8. The number of pyridine rings is 1. The van der Waals surface area contributed by atoms with Gasteiger partial charge in [0, 0.05) is 23.2 Å². The number of nitrogen functional groups attached to an aromatic ring is 1. The number of esters is 1. The van der Waals surface area contributed by atoms with Crippen LogP contribution in [0.15, 0.2) is 54.0 Å². The zero-order valence-corrected chi connectivity index (χ0v) is 19.1. The number of carbonyl (C=O) groups is 1. The average molecular weight is 483 g/mol. The van der Waals surface area contributed by atoms with Crippen molar-refractivity contribution in [1.82, 2.24) is 4.98 Å². The summed E-state index contributed by atoms with van der Waals surface area (Å²) in [6.45, 7) is 4.55. The number of carbonyl (C=O) groups excluding carboxylic acids is 1. The van der Waals surface area contributed by atoms with Crippen molar-refractivity contribution >= 4 is 33.2 Å². The van der Waals surface area contributed by atoms with E-state index >= 15 is 0 Å². The minimum Gasteiger partial charge on any atom is -0.489 e. The van der Waals surface area contributed by atoms with Crippen LogP contribution in [0.3, 0.4) is 0 Å². The zero-order chi connectivity index (χ0) is 23.4. The molecule has 0 bridgehead atoms. The molecule has 6 nitrogen and oxygen atoms in total. The first-order chi connectivity index (χ1) is 15.9. The van der Waals surface area contributed by atoms with E-state index in [1.165, 1.54) is 29.7 Å². The van der Waals surface area contributed by atoms with Crippen molar-refractivity contribution in [3.63, 3.8) is 0 Å². The molecule has 4 rings (SSSR count). The molecule has 0 saturated carbocycles. The number of aromatic nitrogens is 1. The third kappa shape index (κ3) is 5.63. The minimum absolute atomic E-state index is 0. The Morgan fingerprint density at radius 3 is 2.44 bits per heavy atom. The lowest BCUT2D eigenvalue weighted by Gasteiger charge is -2.12. The molecule has 0 unspecified atom stereocenters. The first kappa shape index (κ1) is 25.0. The third-order valence-corrected chi connectivity index (χ3v) is 6.00. The van der Waals surface area contributed by atoms with E-state index in [-0.39, 0.29) is 26.5 Å². The fourth-order valence-corrected chi connectivity index (χ4v) is 4.44. The predicted molar refractivity (Wildman–Crippen MR) is 133 cm³/mol. The van der Waals surface area contributed by atoms with Crippen LogP contribution >= 0.6 is 11.3 Å². The van der Waals surface area contributed by atoms with Gasteiger partial charge in [-0.15, -0.1) is 11.3 Å². The Kier molecular flexibility index (Phi) is 8.07. The summed E-state index contributed by atoms with van der Waals surface area (Å²) >= 11 is 1.40. The average Bonchev–Trinajstić information content (AvgIpc) is 3.22. The molecule has 2 aromatic heterocycles. The molecule has 34 heavy (non-hydrogen) atoms. The number of thiophene rings is 1. The quantitative estimate of drug-likeness (QED) is 0.297. The molecule has 0 amide bonds. The van der Waals surface area contributed by atoms with Gasteiger partial charge < -0.3 is 19.9 Å². The predicted octanol–water partition coefficient (Wildman–Crippen LogP) is 6.30. The maximum atomic E-state index is 13.1. The minimum atomic E-state index is -0.425. The van der Waals surface area contributed by atoms with E-state index in [2.05, 4.69) is 4.98 Å². The van der Waals surface area contributed by atoms with E-state index in [9.17, 15) is 9.18 Å². The summed E-state index contributed by atoms with van der Waals surface area (Å²) in [7, 11) is 0. The van der Waals surface area contributed by atoms with Crippen molar-refractivity contribution in [2.24, 2.45) is 0 Å². The third-order valence-electron chi connectivity index (χ3n) is 4.93. The molecule has 0 atom stereocenters. The highest BCUT2D eigenvalue weighted by Gasteiger charge is 2.18. The number of aryl methyl sites for hydroxylation is 1. The summed E-state index contributed by atoms with van der Waals surface area (Å²) in [4.78, 5) is 16.4. The van der Waals surface area contributed by atoms with E-state index in [0.717, 1.165) is 21.4 Å². The first-order valence-electron chi connectivity index (χ1n) is 10.4. The Bertz CT molecular complexity index is 1290. The molecule has 0 fully saturated rings. The number of nitrogens with two attached hydrogens (primary N) is 1. The lowest BCUT2D eigenvalue weighted by Crippen LogP contribution is -2.06. The molecule has 0 spiro atoms. The Hall–Kier alpha value is -3.65. The van der Waals surface area contributed by atoms with Crippen LogP contribution in [0.2, 0.25) is 0 Å². The number of ether oxygens (including phenoxy) is 3. The Labute approximate surface area is 202 Å². The molecular weight excluding hydrogens is 455 g/mol. The molecule has 0 aliphatic rings. The van der Waals surface area contributed by atoms with Gasteiger partial charge in [0.2, 0.25) is 0 Å². The van der Waals surface area contributed by atoms with Crippen molar-refractivity contribution in [2.45, 2.75) is 34.5 Å². The SMILES string of the molecule is C.CCOC(=O)c1cnc(N)c2c(COc3cc(C)cc(OCc4ccc(F)cc4)c3)csc12. The topological polar surface area (TPSA) is 83.7 Å². The van der Waals surface area contributed by atoms with Crippen LogP contribution in [0.4, 0.5) is 10.2 Å². The van der Waals surface area contributed by atoms with Gasteiger partial charge in [-0.25, -0.2) is 14.2 Å². The molecule has 2 heterocycles. The fourth-order valence-electron chi connectivity index (χ4n) is 3.38. The van der Waals surface area contributed by atoms with Gasteiger partial charge in [-0.05, 0) is 54.6 Å². The highest BCUT2D eigenvalue weighted by atomic mass is 32.1. The number of hydrogen-bond acceptors (Lipinski definition) is 7. The van der Waals surface area contributed by atoms with Gasteiger partial charge in [0.05, 0.1) is 16.9 Å². The summed E-state index contributed by atoms with van der Waals surface area (Å²) in [5.74, 6) is 0.916. The van der Waals surface area contributed by atoms with Crippen LogP contribution in [0.5, 0.6) is 11.5 Å². The van der Waals surface area contributed by atoms with Gasteiger partial charge in [0.15, 0.2) is 0 Å². The number of anilines is 1. The van der Waals surface area contributed by atoms with Gasteiger partial charge in [0.1, 0.15) is 36.3 Å². The summed E-state index contributed by atoms with van der Waals surface area (Å²) < 4.78 is 30.8. The number of fused-ring (bicyclic) bond motifs is 1. The second kappa shape index (κ2) is 11.0. The zero-order valence-electron chi connectivity index (χ0n) is 18.3. The van der Waals surface area contributed by atoms with E-state index < -0.39 is 5.97 Å². The second-order valence-electron chi connectivity index (χ2n) is 7.43. The Morgan fingerprint density at radius 1 is 1.09 bits per heavy atom. The van der Waals surface area contributed by atoms with Crippen LogP contribution in [-0.4, -0.2) is 17.6 Å².